The largest absolute Gasteiger partial charge is 0.374 e. The van der Waals surface area contributed by atoms with Crippen LogP contribution in [0.1, 0.15) is 19.8 Å². The maximum Gasteiger partial charge on any atom is 0.0745 e. The minimum Gasteiger partial charge on any atom is -0.374 e. The van der Waals surface area contributed by atoms with Crippen LogP contribution in [-0.2, 0) is 4.74 Å². The van der Waals surface area contributed by atoms with Crippen LogP contribution in [0.3, 0.4) is 0 Å². The van der Waals surface area contributed by atoms with Crippen LogP contribution >= 0.6 is 0 Å². The van der Waals surface area contributed by atoms with Gasteiger partial charge in [-0.25, -0.2) is 0 Å². The maximum atomic E-state index is 5.70. The zero-order valence-electron chi connectivity index (χ0n) is 8.12. The summed E-state index contributed by atoms with van der Waals surface area (Å²) in [5.74, 6) is 2.54. The van der Waals surface area contributed by atoms with Gasteiger partial charge in [-0.2, -0.15) is 0 Å². The van der Waals surface area contributed by atoms with Crippen LogP contribution in [0.15, 0.2) is 0 Å². The zero-order valence-corrected chi connectivity index (χ0v) is 8.12. The molecule has 1 aliphatic heterocycles. The van der Waals surface area contributed by atoms with Crippen molar-refractivity contribution in [3.05, 3.63) is 0 Å². The van der Waals surface area contributed by atoms with E-state index in [0.29, 0.717) is 19.2 Å². The van der Waals surface area contributed by atoms with Crippen LogP contribution in [0.5, 0.6) is 0 Å². The van der Waals surface area contributed by atoms with Gasteiger partial charge in [0.05, 0.1) is 18.8 Å². The van der Waals surface area contributed by atoms with Gasteiger partial charge < -0.3 is 10.5 Å². The Morgan fingerprint density at radius 3 is 2.92 bits per heavy atom. The molecule has 0 aromatic carbocycles. The van der Waals surface area contributed by atoms with Crippen molar-refractivity contribution in [2.45, 2.75) is 38.0 Å². The van der Waals surface area contributed by atoms with Gasteiger partial charge in [0.2, 0.25) is 0 Å². The third-order valence-corrected chi connectivity index (χ3v) is 2.43. The molecular weight excluding hydrogens is 164 g/mol. The lowest BCUT2D eigenvalue weighted by molar-refractivity contribution is 0.0348. The molecular formula is C10H18N2O. The summed E-state index contributed by atoms with van der Waals surface area (Å²) >= 11 is 0. The highest BCUT2D eigenvalue weighted by molar-refractivity contribution is 4.91. The van der Waals surface area contributed by atoms with E-state index in [1.807, 2.05) is 0 Å². The van der Waals surface area contributed by atoms with Gasteiger partial charge in [0.25, 0.3) is 0 Å². The highest BCUT2D eigenvalue weighted by Gasteiger charge is 2.28. The van der Waals surface area contributed by atoms with Crippen LogP contribution in [-0.4, -0.2) is 31.3 Å². The summed E-state index contributed by atoms with van der Waals surface area (Å²) in [5.41, 5.74) is 5.63. The first kappa shape index (κ1) is 10.5. The molecule has 0 aliphatic carbocycles. The Kier molecular flexibility index (Phi) is 4.23. The number of terminal acetylenes is 1. The lowest BCUT2D eigenvalue weighted by Gasteiger charge is -2.22. The Morgan fingerprint density at radius 1 is 1.69 bits per heavy atom. The Morgan fingerprint density at radius 2 is 2.46 bits per heavy atom. The molecule has 3 atom stereocenters. The molecule has 3 N–H and O–H groups in total. The maximum absolute atomic E-state index is 5.70. The van der Waals surface area contributed by atoms with Crippen LogP contribution < -0.4 is 11.1 Å². The van der Waals surface area contributed by atoms with E-state index >= 15 is 0 Å². The van der Waals surface area contributed by atoms with Gasteiger partial charge in [0.15, 0.2) is 0 Å². The third kappa shape index (κ3) is 3.00. The van der Waals surface area contributed by atoms with E-state index in [1.165, 1.54) is 0 Å². The Balaban J connectivity index is 2.34. The fourth-order valence-electron chi connectivity index (χ4n) is 1.69. The summed E-state index contributed by atoms with van der Waals surface area (Å²) in [6.45, 7) is 3.24. The molecule has 0 aromatic rings. The molecule has 3 unspecified atom stereocenters. The van der Waals surface area contributed by atoms with Crippen LogP contribution in [0, 0.1) is 12.3 Å². The molecule has 13 heavy (non-hydrogen) atoms. The Bertz CT molecular complexity index is 188. The predicted molar refractivity (Wildman–Crippen MR) is 53.2 cm³/mol. The molecule has 0 bridgehead atoms. The molecule has 1 fully saturated rings. The smallest absolute Gasteiger partial charge is 0.0745 e. The fraction of sp³-hybridized carbons (Fsp3) is 0.800. The summed E-state index contributed by atoms with van der Waals surface area (Å²) in [5, 5.41) is 3.20. The minimum absolute atomic E-state index is 0.209. The van der Waals surface area contributed by atoms with Crippen molar-refractivity contribution in [3.63, 3.8) is 0 Å². The first-order valence-corrected chi connectivity index (χ1v) is 4.80. The quantitative estimate of drug-likeness (QED) is 0.606. The highest BCUT2D eigenvalue weighted by atomic mass is 16.5. The molecule has 1 rings (SSSR count). The molecule has 0 aromatic heterocycles. The molecule has 0 radical (unpaired) electrons. The number of hydrogen-bond donors (Lipinski definition) is 2. The second kappa shape index (κ2) is 5.23. The number of rotatable bonds is 4. The van der Waals surface area contributed by atoms with Gasteiger partial charge in [0, 0.05) is 12.6 Å². The molecule has 74 valence electrons. The van der Waals surface area contributed by atoms with E-state index in [-0.39, 0.29) is 12.1 Å². The standard InChI is InChI=1S/C10H18N2O/c1-3-6-12-9(7-11)10-5-4-8(2)13-10/h1,8-10,12H,4-7,11H2,2H3. The third-order valence-electron chi connectivity index (χ3n) is 2.43. The summed E-state index contributed by atoms with van der Waals surface area (Å²) in [6.07, 6.45) is 7.98. The van der Waals surface area contributed by atoms with Crippen molar-refractivity contribution in [2.75, 3.05) is 13.1 Å². The van der Waals surface area contributed by atoms with Crippen molar-refractivity contribution in [1.29, 1.82) is 0 Å². The molecule has 0 saturated carbocycles. The molecule has 3 nitrogen and oxygen atoms in total. The second-order valence-electron chi connectivity index (χ2n) is 3.49. The van der Waals surface area contributed by atoms with E-state index in [1.54, 1.807) is 0 Å². The van der Waals surface area contributed by atoms with Gasteiger partial charge in [-0.3, -0.25) is 5.32 Å². The topological polar surface area (TPSA) is 47.3 Å². The summed E-state index contributed by atoms with van der Waals surface area (Å²) < 4.78 is 5.70. The predicted octanol–water partition coefficient (Wildman–Crippen LogP) is 0.104. The summed E-state index contributed by atoms with van der Waals surface area (Å²) in [7, 11) is 0. The van der Waals surface area contributed by atoms with E-state index in [9.17, 15) is 0 Å². The lowest BCUT2D eigenvalue weighted by Crippen LogP contribution is -2.45. The van der Waals surface area contributed by atoms with E-state index in [2.05, 4.69) is 18.2 Å². The van der Waals surface area contributed by atoms with Gasteiger partial charge >= 0.3 is 0 Å². The highest BCUT2D eigenvalue weighted by Crippen LogP contribution is 2.21. The average molecular weight is 182 g/mol. The van der Waals surface area contributed by atoms with Crippen LogP contribution in [0.25, 0.3) is 0 Å². The molecule has 3 heteroatoms. The summed E-state index contributed by atoms with van der Waals surface area (Å²) in [4.78, 5) is 0. The number of ether oxygens (including phenoxy) is 1. The molecule has 0 spiro atoms. The average Bonchev–Trinajstić information content (AvgIpc) is 2.54. The van der Waals surface area contributed by atoms with Crippen molar-refractivity contribution in [3.8, 4) is 12.3 Å². The SMILES string of the molecule is C#CCNC(CN)C1CCC(C)O1. The van der Waals surface area contributed by atoms with E-state index in [4.69, 9.17) is 16.9 Å². The Labute approximate surface area is 80.0 Å². The first-order chi connectivity index (χ1) is 6.27. The normalized spacial score (nSPS) is 29.9. The fourth-order valence-corrected chi connectivity index (χ4v) is 1.69. The van der Waals surface area contributed by atoms with E-state index < -0.39 is 0 Å². The van der Waals surface area contributed by atoms with Crippen molar-refractivity contribution in [1.82, 2.24) is 5.32 Å². The Hall–Kier alpha value is -0.560. The molecule has 1 heterocycles. The molecule has 1 saturated heterocycles. The summed E-state index contributed by atoms with van der Waals surface area (Å²) in [6, 6.07) is 0.209. The number of nitrogens with one attached hydrogen (secondary N) is 1. The van der Waals surface area contributed by atoms with Crippen LogP contribution in [0.2, 0.25) is 0 Å². The minimum atomic E-state index is 0.209. The van der Waals surface area contributed by atoms with Gasteiger partial charge in [0.1, 0.15) is 0 Å². The van der Waals surface area contributed by atoms with E-state index in [0.717, 1.165) is 12.8 Å². The van der Waals surface area contributed by atoms with Crippen molar-refractivity contribution >= 4 is 0 Å². The van der Waals surface area contributed by atoms with Gasteiger partial charge in [-0.15, -0.1) is 6.42 Å². The molecule has 0 amide bonds. The van der Waals surface area contributed by atoms with Crippen molar-refractivity contribution in [2.24, 2.45) is 5.73 Å². The monoisotopic (exact) mass is 182 g/mol. The molecule has 1 aliphatic rings. The first-order valence-electron chi connectivity index (χ1n) is 4.80. The van der Waals surface area contributed by atoms with Gasteiger partial charge in [-0.1, -0.05) is 5.92 Å². The van der Waals surface area contributed by atoms with Gasteiger partial charge in [-0.05, 0) is 19.8 Å². The van der Waals surface area contributed by atoms with Crippen LogP contribution in [0.4, 0.5) is 0 Å². The number of hydrogen-bond acceptors (Lipinski definition) is 3. The number of nitrogens with two attached hydrogens (primary N) is 1. The zero-order chi connectivity index (χ0) is 9.68. The van der Waals surface area contributed by atoms with Crippen molar-refractivity contribution < 1.29 is 4.74 Å². The second-order valence-corrected chi connectivity index (χ2v) is 3.49. The lowest BCUT2D eigenvalue weighted by atomic mass is 10.1.